The molecule has 0 aliphatic carbocycles. The number of hydrogen-bond donors (Lipinski definition) is 3. The van der Waals surface area contributed by atoms with Gasteiger partial charge in [0.05, 0.1) is 0 Å². The van der Waals surface area contributed by atoms with Gasteiger partial charge >= 0.3 is 5.97 Å². The number of aliphatic carboxylic acids is 1. The normalized spacial score (nSPS) is 17.4. The highest BCUT2D eigenvalue weighted by Gasteiger charge is 2.34. The zero-order valence-corrected chi connectivity index (χ0v) is 12.7. The first kappa shape index (κ1) is 15.2. The molecule has 108 valence electrons. The minimum absolute atomic E-state index is 0.0646. The summed E-state index contributed by atoms with van der Waals surface area (Å²) in [7, 11) is 0. The van der Waals surface area contributed by atoms with Gasteiger partial charge in [-0.05, 0) is 24.3 Å². The highest BCUT2D eigenvalue weighted by Crippen LogP contribution is 2.23. The number of carboxylic acid groups (broad SMARTS) is 1. The lowest BCUT2D eigenvalue weighted by Gasteiger charge is -2.18. The number of nitrogens with one attached hydrogen (secondary N) is 1. The highest BCUT2D eigenvalue weighted by molar-refractivity contribution is 9.10. The molecule has 0 amide bonds. The Morgan fingerprint density at radius 1 is 1.50 bits per heavy atom. The largest absolute Gasteiger partial charge is 0.611 e. The molecule has 2 unspecified atom stereocenters. The number of halogens is 1. The summed E-state index contributed by atoms with van der Waals surface area (Å²) in [5.74, 6) is -1.13. The van der Waals surface area contributed by atoms with E-state index in [1.54, 1.807) is 24.3 Å². The second-order valence-electron chi connectivity index (χ2n) is 4.21. The van der Waals surface area contributed by atoms with E-state index in [4.69, 9.17) is 0 Å². The van der Waals surface area contributed by atoms with E-state index in [-0.39, 0.29) is 13.1 Å². The van der Waals surface area contributed by atoms with E-state index in [1.807, 2.05) is 0 Å². The summed E-state index contributed by atoms with van der Waals surface area (Å²) < 4.78 is 13.2. The van der Waals surface area contributed by atoms with Gasteiger partial charge in [0.15, 0.2) is 4.90 Å². The van der Waals surface area contributed by atoms with Crippen LogP contribution in [0.3, 0.4) is 0 Å². The molecule has 0 saturated heterocycles. The maximum absolute atomic E-state index is 12.4. The van der Waals surface area contributed by atoms with Gasteiger partial charge in [0.25, 0.3) is 0 Å². The van der Waals surface area contributed by atoms with Crippen molar-refractivity contribution >= 4 is 33.1 Å². The predicted molar refractivity (Wildman–Crippen MR) is 76.3 cm³/mol. The lowest BCUT2D eigenvalue weighted by molar-refractivity contribution is -0.136. The van der Waals surface area contributed by atoms with Crippen LogP contribution in [0.1, 0.15) is 6.42 Å². The molecule has 0 saturated carbocycles. The van der Waals surface area contributed by atoms with Crippen molar-refractivity contribution in [2.24, 2.45) is 0 Å². The molecule has 3 N–H and O–H groups in total. The summed E-state index contributed by atoms with van der Waals surface area (Å²) in [6.45, 7) is 0.201. The smallest absolute Gasteiger partial charge is 0.357 e. The summed E-state index contributed by atoms with van der Waals surface area (Å²) >= 11 is 1.60. The Hall–Kier alpha value is -1.22. The molecule has 1 aliphatic heterocycles. The van der Waals surface area contributed by atoms with Crippen LogP contribution in [0.15, 0.2) is 45.5 Å². The molecule has 1 aromatic carbocycles. The van der Waals surface area contributed by atoms with Crippen molar-refractivity contribution in [2.75, 3.05) is 6.67 Å². The van der Waals surface area contributed by atoms with Crippen molar-refractivity contribution in [1.82, 2.24) is 10.4 Å². The van der Waals surface area contributed by atoms with Gasteiger partial charge in [-0.2, -0.15) is 0 Å². The Labute approximate surface area is 127 Å². The van der Waals surface area contributed by atoms with Crippen molar-refractivity contribution in [1.29, 1.82) is 0 Å². The number of hydrogen-bond acceptors (Lipinski definition) is 5. The van der Waals surface area contributed by atoms with Gasteiger partial charge in [-0.15, -0.1) is 0 Å². The molecule has 2 rings (SSSR count). The van der Waals surface area contributed by atoms with Crippen LogP contribution < -0.4 is 5.32 Å². The average Bonchev–Trinajstić information content (AvgIpc) is 2.81. The second kappa shape index (κ2) is 6.49. The summed E-state index contributed by atoms with van der Waals surface area (Å²) in [4.78, 5) is 11.8. The van der Waals surface area contributed by atoms with E-state index >= 15 is 0 Å². The first-order valence-electron chi connectivity index (χ1n) is 5.76. The Balaban J connectivity index is 2.13. The molecule has 0 bridgehead atoms. The van der Waals surface area contributed by atoms with Crippen molar-refractivity contribution < 1.29 is 19.7 Å². The maximum atomic E-state index is 12.4. The predicted octanol–water partition coefficient (Wildman–Crippen LogP) is 1.49. The van der Waals surface area contributed by atoms with Crippen LogP contribution in [-0.2, 0) is 16.0 Å². The van der Waals surface area contributed by atoms with E-state index in [2.05, 4.69) is 21.2 Å². The zero-order valence-electron chi connectivity index (χ0n) is 10.3. The third kappa shape index (κ3) is 3.66. The lowest BCUT2D eigenvalue weighted by atomic mass is 10.2. The van der Waals surface area contributed by atoms with E-state index in [0.29, 0.717) is 10.6 Å². The van der Waals surface area contributed by atoms with Gasteiger partial charge in [0, 0.05) is 34.0 Å². The average molecular weight is 361 g/mol. The third-order valence-corrected chi connectivity index (χ3v) is 4.91. The number of carboxylic acids is 1. The Bertz CT molecular complexity index is 523. The number of hydroxylamine groups is 2. The van der Waals surface area contributed by atoms with Gasteiger partial charge in [-0.3, -0.25) is 5.21 Å². The molecule has 20 heavy (non-hydrogen) atoms. The van der Waals surface area contributed by atoms with E-state index in [0.717, 1.165) is 9.54 Å². The van der Waals surface area contributed by atoms with Gasteiger partial charge in [0.2, 0.25) is 5.25 Å². The molecule has 8 heteroatoms. The van der Waals surface area contributed by atoms with Crippen LogP contribution in [0, 0.1) is 0 Å². The van der Waals surface area contributed by atoms with Crippen LogP contribution in [0.5, 0.6) is 0 Å². The zero-order chi connectivity index (χ0) is 14.7. The maximum Gasteiger partial charge on any atom is 0.357 e. The minimum atomic E-state index is -1.67. The molecule has 0 fully saturated rings. The monoisotopic (exact) mass is 360 g/mol. The first-order valence-corrected chi connectivity index (χ1v) is 7.77. The summed E-state index contributed by atoms with van der Waals surface area (Å²) in [5.41, 5.74) is 0.547. The number of rotatable bonds is 5. The minimum Gasteiger partial charge on any atom is -0.611 e. The fourth-order valence-electron chi connectivity index (χ4n) is 1.77. The molecule has 1 aliphatic rings. The Morgan fingerprint density at radius 3 is 2.65 bits per heavy atom. The molecule has 6 nitrogen and oxygen atoms in total. The molecule has 0 aromatic heterocycles. The van der Waals surface area contributed by atoms with Gasteiger partial charge in [0.1, 0.15) is 6.67 Å². The van der Waals surface area contributed by atoms with Gasteiger partial charge in [-0.1, -0.05) is 15.9 Å². The van der Waals surface area contributed by atoms with Crippen molar-refractivity contribution in [3.8, 4) is 0 Å². The SMILES string of the molecule is O=C(O)C(CC1=CN(O)CN1)[S+]([O-])c1ccc(Br)cc1. The standard InChI is InChI=1S/C12H13BrN2O4S/c13-8-1-3-10(4-2-8)20(19)11(12(16)17)5-9-6-15(18)7-14-9/h1-4,6,11,14,18H,5,7H2,(H,16,17). The lowest BCUT2D eigenvalue weighted by Crippen LogP contribution is -2.32. The fourth-order valence-corrected chi connectivity index (χ4v) is 3.28. The number of benzene rings is 1. The fraction of sp³-hybridized carbons (Fsp3) is 0.250. The first-order chi connectivity index (χ1) is 9.47. The van der Waals surface area contributed by atoms with Crippen LogP contribution in [-0.4, -0.2) is 37.8 Å². The van der Waals surface area contributed by atoms with Crippen molar-refractivity contribution in [2.45, 2.75) is 16.6 Å². The molecule has 0 spiro atoms. The van der Waals surface area contributed by atoms with Crippen LogP contribution in [0.25, 0.3) is 0 Å². The topological polar surface area (TPSA) is 95.9 Å². The van der Waals surface area contributed by atoms with E-state index < -0.39 is 22.4 Å². The van der Waals surface area contributed by atoms with Crippen LogP contribution in [0.2, 0.25) is 0 Å². The number of nitrogens with zero attached hydrogens (tertiary/aromatic N) is 1. The molecule has 1 heterocycles. The quantitative estimate of drug-likeness (QED) is 0.688. The molecule has 1 aromatic rings. The third-order valence-electron chi connectivity index (χ3n) is 2.76. The summed E-state index contributed by atoms with van der Waals surface area (Å²) in [6.07, 6.45) is 1.46. The Kier molecular flexibility index (Phi) is 4.92. The van der Waals surface area contributed by atoms with Crippen LogP contribution >= 0.6 is 15.9 Å². The van der Waals surface area contributed by atoms with Gasteiger partial charge < -0.3 is 15.0 Å². The second-order valence-corrected chi connectivity index (χ2v) is 6.76. The van der Waals surface area contributed by atoms with Crippen LogP contribution in [0.4, 0.5) is 0 Å². The molecule has 2 atom stereocenters. The van der Waals surface area contributed by atoms with E-state index in [1.165, 1.54) is 6.20 Å². The number of carbonyl (C=O) groups is 1. The van der Waals surface area contributed by atoms with E-state index in [9.17, 15) is 19.7 Å². The number of allylic oxidation sites excluding steroid dienone is 1. The Morgan fingerprint density at radius 2 is 2.15 bits per heavy atom. The molecular weight excluding hydrogens is 348 g/mol. The molecular formula is C12H13BrN2O4S. The van der Waals surface area contributed by atoms with Crippen molar-refractivity contribution in [3.05, 3.63) is 40.6 Å². The van der Waals surface area contributed by atoms with Crippen molar-refractivity contribution in [3.63, 3.8) is 0 Å². The van der Waals surface area contributed by atoms with Gasteiger partial charge in [-0.25, -0.2) is 9.86 Å². The summed E-state index contributed by atoms with van der Waals surface area (Å²) in [5, 5.41) is 21.1. The highest BCUT2D eigenvalue weighted by atomic mass is 79.9. The molecule has 0 radical (unpaired) electrons. The summed E-state index contributed by atoms with van der Waals surface area (Å²) in [6, 6.07) is 6.69.